The van der Waals surface area contributed by atoms with Crippen molar-refractivity contribution < 1.29 is 4.79 Å². The van der Waals surface area contributed by atoms with Crippen LogP contribution in [0.2, 0.25) is 0 Å². The van der Waals surface area contributed by atoms with Crippen LogP contribution in [0.15, 0.2) is 18.2 Å². The fourth-order valence-electron chi connectivity index (χ4n) is 3.44. The first-order valence-corrected chi connectivity index (χ1v) is 11.0. The molecule has 0 spiro atoms. The van der Waals surface area contributed by atoms with Crippen LogP contribution in [0.1, 0.15) is 95.5 Å². The number of nitrogens with zero attached hydrogens (tertiary/aromatic N) is 2. The molecule has 0 fully saturated rings. The molecule has 0 radical (unpaired) electrons. The van der Waals surface area contributed by atoms with Crippen LogP contribution in [0.25, 0.3) is 11.0 Å². The molecule has 0 aliphatic heterocycles. The summed E-state index contributed by atoms with van der Waals surface area (Å²) in [6.07, 6.45) is 12.6. The Labute approximate surface area is 165 Å². The van der Waals surface area contributed by atoms with E-state index in [-0.39, 0.29) is 0 Å². The number of fused-ring (bicyclic) bond motifs is 1. The van der Waals surface area contributed by atoms with Gasteiger partial charge in [0.05, 0.1) is 22.4 Å². The lowest BCUT2D eigenvalue weighted by Crippen LogP contribution is -2.05. The van der Waals surface area contributed by atoms with E-state index < -0.39 is 0 Å². The quantitative estimate of drug-likeness (QED) is 0.384. The number of ketones is 1. The molecule has 0 saturated heterocycles. The maximum absolute atomic E-state index is 12.1. The van der Waals surface area contributed by atoms with Crippen molar-refractivity contribution in [1.29, 1.82) is 0 Å². The number of unbranched alkanes of at least 4 members (excludes halogenated alkanes) is 5. The molecule has 1 heterocycles. The monoisotopic (exact) mass is 368 g/mol. The fourth-order valence-corrected chi connectivity index (χ4v) is 3.44. The Morgan fingerprint density at radius 2 is 1.44 bits per heavy atom. The maximum Gasteiger partial charge on any atom is 0.137 e. The molecule has 0 bridgehead atoms. The van der Waals surface area contributed by atoms with E-state index >= 15 is 0 Å². The Morgan fingerprint density at radius 3 is 2.15 bits per heavy atom. The Hall–Kier alpha value is -1.77. The molecule has 0 saturated carbocycles. The van der Waals surface area contributed by atoms with Crippen molar-refractivity contribution in [2.75, 3.05) is 0 Å². The summed E-state index contributed by atoms with van der Waals surface area (Å²) in [5.74, 6) is 0.322. The van der Waals surface area contributed by atoms with Crippen LogP contribution >= 0.6 is 0 Å². The molecule has 0 N–H and O–H groups in total. The molecule has 0 unspecified atom stereocenters. The highest BCUT2D eigenvalue weighted by Crippen LogP contribution is 2.19. The number of aromatic nitrogens is 2. The summed E-state index contributed by atoms with van der Waals surface area (Å²) < 4.78 is 0. The molecule has 2 rings (SSSR count). The highest BCUT2D eigenvalue weighted by Gasteiger charge is 2.11. The van der Waals surface area contributed by atoms with Crippen LogP contribution in [0, 0.1) is 0 Å². The summed E-state index contributed by atoms with van der Waals surface area (Å²) in [5, 5.41) is 0. The van der Waals surface area contributed by atoms with Crippen LogP contribution in [-0.4, -0.2) is 15.8 Å². The smallest absolute Gasteiger partial charge is 0.137 e. The van der Waals surface area contributed by atoms with Gasteiger partial charge in [0, 0.05) is 12.8 Å². The third-order valence-corrected chi connectivity index (χ3v) is 5.13. The van der Waals surface area contributed by atoms with E-state index in [0.717, 1.165) is 54.4 Å². The van der Waals surface area contributed by atoms with E-state index in [9.17, 15) is 4.79 Å². The van der Waals surface area contributed by atoms with Gasteiger partial charge < -0.3 is 0 Å². The van der Waals surface area contributed by atoms with Gasteiger partial charge in [0.2, 0.25) is 0 Å². The SMILES string of the molecule is CCCCCCc1nc2ccc(CC(=O)CCCC)cc2nc1CCCC. The first-order chi connectivity index (χ1) is 13.2. The molecule has 1 aromatic carbocycles. The standard InChI is InChI=1S/C24H36N2O/c1-4-7-10-11-14-22-21(13-9-6-3)26-24-18-19(15-16-23(24)25-22)17-20(27)12-8-5-2/h15-16,18H,4-14,17H2,1-3H3. The van der Waals surface area contributed by atoms with E-state index in [1.165, 1.54) is 37.8 Å². The number of carbonyl (C=O) groups excluding carboxylic acids is 1. The van der Waals surface area contributed by atoms with E-state index in [2.05, 4.69) is 26.8 Å². The Balaban J connectivity index is 2.19. The number of benzene rings is 1. The topological polar surface area (TPSA) is 42.9 Å². The van der Waals surface area contributed by atoms with Crippen molar-refractivity contribution in [3.63, 3.8) is 0 Å². The van der Waals surface area contributed by atoms with Crippen LogP contribution in [0.3, 0.4) is 0 Å². The second-order valence-electron chi connectivity index (χ2n) is 7.67. The number of rotatable bonds is 13. The van der Waals surface area contributed by atoms with Crippen molar-refractivity contribution in [3.05, 3.63) is 35.2 Å². The molecule has 0 amide bonds. The molecule has 1 aromatic heterocycles. The molecule has 2 aromatic rings. The van der Waals surface area contributed by atoms with Gasteiger partial charge in [0.1, 0.15) is 5.78 Å². The second kappa shape index (κ2) is 11.8. The van der Waals surface area contributed by atoms with Crippen LogP contribution in [-0.2, 0) is 24.1 Å². The van der Waals surface area contributed by atoms with Crippen LogP contribution in [0.4, 0.5) is 0 Å². The number of carbonyl (C=O) groups is 1. The highest BCUT2D eigenvalue weighted by atomic mass is 16.1. The third kappa shape index (κ3) is 7.04. The minimum absolute atomic E-state index is 0.322. The summed E-state index contributed by atoms with van der Waals surface area (Å²) in [5.41, 5.74) is 5.31. The van der Waals surface area contributed by atoms with Crippen LogP contribution < -0.4 is 0 Å². The lowest BCUT2D eigenvalue weighted by atomic mass is 10.0. The minimum atomic E-state index is 0.322. The minimum Gasteiger partial charge on any atom is -0.299 e. The molecule has 0 aliphatic rings. The van der Waals surface area contributed by atoms with Crippen molar-refractivity contribution in [3.8, 4) is 0 Å². The van der Waals surface area contributed by atoms with E-state index in [0.29, 0.717) is 18.6 Å². The summed E-state index contributed by atoms with van der Waals surface area (Å²) >= 11 is 0. The summed E-state index contributed by atoms with van der Waals surface area (Å²) in [4.78, 5) is 22.0. The molecule has 27 heavy (non-hydrogen) atoms. The zero-order valence-electron chi connectivity index (χ0n) is 17.5. The van der Waals surface area contributed by atoms with Gasteiger partial charge in [-0.3, -0.25) is 4.79 Å². The number of Topliss-reactive ketones (excluding diaryl/α,β-unsaturated/α-hetero) is 1. The molecular weight excluding hydrogens is 332 g/mol. The van der Waals surface area contributed by atoms with Gasteiger partial charge in [-0.15, -0.1) is 0 Å². The normalized spacial score (nSPS) is 11.2. The van der Waals surface area contributed by atoms with Crippen molar-refractivity contribution in [1.82, 2.24) is 9.97 Å². The summed E-state index contributed by atoms with van der Waals surface area (Å²) in [6, 6.07) is 6.17. The zero-order chi connectivity index (χ0) is 19.5. The summed E-state index contributed by atoms with van der Waals surface area (Å²) in [7, 11) is 0. The lowest BCUT2D eigenvalue weighted by molar-refractivity contribution is -0.118. The predicted octanol–water partition coefficient (Wildman–Crippen LogP) is 6.40. The zero-order valence-corrected chi connectivity index (χ0v) is 17.5. The predicted molar refractivity (Wildman–Crippen MR) is 114 cm³/mol. The summed E-state index contributed by atoms with van der Waals surface area (Å²) in [6.45, 7) is 6.58. The van der Waals surface area contributed by atoms with Gasteiger partial charge in [-0.05, 0) is 49.8 Å². The maximum atomic E-state index is 12.1. The largest absolute Gasteiger partial charge is 0.299 e. The number of aryl methyl sites for hydroxylation is 2. The lowest BCUT2D eigenvalue weighted by Gasteiger charge is -2.11. The first kappa shape index (κ1) is 21.5. The van der Waals surface area contributed by atoms with Gasteiger partial charge in [-0.25, -0.2) is 9.97 Å². The molecule has 148 valence electrons. The van der Waals surface area contributed by atoms with E-state index in [1.54, 1.807) is 0 Å². The van der Waals surface area contributed by atoms with Crippen molar-refractivity contribution in [2.45, 2.75) is 97.8 Å². The van der Waals surface area contributed by atoms with Gasteiger partial charge in [-0.2, -0.15) is 0 Å². The van der Waals surface area contributed by atoms with Gasteiger partial charge in [0.15, 0.2) is 0 Å². The second-order valence-corrected chi connectivity index (χ2v) is 7.67. The molecular formula is C24H36N2O. The van der Waals surface area contributed by atoms with Gasteiger partial charge >= 0.3 is 0 Å². The molecule has 0 atom stereocenters. The van der Waals surface area contributed by atoms with E-state index in [4.69, 9.17) is 9.97 Å². The van der Waals surface area contributed by atoms with Crippen molar-refractivity contribution >= 4 is 16.8 Å². The molecule has 0 aliphatic carbocycles. The van der Waals surface area contributed by atoms with Gasteiger partial charge in [0.25, 0.3) is 0 Å². The first-order valence-electron chi connectivity index (χ1n) is 11.0. The Bertz CT molecular complexity index is 724. The molecule has 3 heteroatoms. The number of hydrogen-bond donors (Lipinski definition) is 0. The van der Waals surface area contributed by atoms with Crippen LogP contribution in [0.5, 0.6) is 0 Å². The highest BCUT2D eigenvalue weighted by molar-refractivity contribution is 5.83. The van der Waals surface area contributed by atoms with Crippen molar-refractivity contribution in [2.24, 2.45) is 0 Å². The third-order valence-electron chi connectivity index (χ3n) is 5.13. The van der Waals surface area contributed by atoms with E-state index in [1.807, 2.05) is 12.1 Å². The molecule has 3 nitrogen and oxygen atoms in total. The van der Waals surface area contributed by atoms with Gasteiger partial charge in [-0.1, -0.05) is 58.9 Å². The number of hydrogen-bond acceptors (Lipinski definition) is 3. The Kier molecular flexibility index (Phi) is 9.44. The average molecular weight is 369 g/mol. The average Bonchev–Trinajstić information content (AvgIpc) is 2.67. The fraction of sp³-hybridized carbons (Fsp3) is 0.625. The Morgan fingerprint density at radius 1 is 0.778 bits per heavy atom.